The third-order valence-corrected chi connectivity index (χ3v) is 2.49. The van der Waals surface area contributed by atoms with E-state index in [-0.39, 0.29) is 17.7 Å². The van der Waals surface area contributed by atoms with Crippen LogP contribution < -0.4 is 5.32 Å². The summed E-state index contributed by atoms with van der Waals surface area (Å²) in [5.41, 5.74) is 0.414. The summed E-state index contributed by atoms with van der Waals surface area (Å²) in [5.74, 6) is -0.724. The van der Waals surface area contributed by atoms with Crippen molar-refractivity contribution in [1.29, 1.82) is 0 Å². The third-order valence-electron chi connectivity index (χ3n) is 2.49. The quantitative estimate of drug-likeness (QED) is 0.785. The maximum absolute atomic E-state index is 13.3. The first kappa shape index (κ1) is 9.59. The van der Waals surface area contributed by atoms with Crippen LogP contribution in [0.3, 0.4) is 0 Å². The Morgan fingerprint density at radius 2 is 2.07 bits per heavy atom. The van der Waals surface area contributed by atoms with E-state index in [1.807, 2.05) is 6.92 Å². The number of benzene rings is 1. The van der Waals surface area contributed by atoms with Gasteiger partial charge in [-0.3, -0.25) is 0 Å². The number of halogens is 2. The van der Waals surface area contributed by atoms with E-state index in [9.17, 15) is 8.78 Å². The maximum atomic E-state index is 13.3. The predicted octanol–water partition coefficient (Wildman–Crippen LogP) is 2.78. The van der Waals surface area contributed by atoms with Crippen LogP contribution in [0, 0.1) is 11.6 Å². The van der Waals surface area contributed by atoms with Gasteiger partial charge in [-0.15, -0.1) is 0 Å². The SMILES string of the molecule is C[C@@H](NC1CC1)c1cc(F)ccc1F. The first-order valence-electron chi connectivity index (χ1n) is 4.88. The summed E-state index contributed by atoms with van der Waals surface area (Å²) in [4.78, 5) is 0. The molecule has 1 nitrogen and oxygen atoms in total. The van der Waals surface area contributed by atoms with Crippen LogP contribution in [-0.4, -0.2) is 6.04 Å². The van der Waals surface area contributed by atoms with Gasteiger partial charge in [0, 0.05) is 17.6 Å². The van der Waals surface area contributed by atoms with Crippen molar-refractivity contribution in [2.45, 2.75) is 31.8 Å². The van der Waals surface area contributed by atoms with E-state index in [0.717, 1.165) is 18.9 Å². The van der Waals surface area contributed by atoms with Gasteiger partial charge in [-0.2, -0.15) is 0 Å². The minimum Gasteiger partial charge on any atom is -0.307 e. The molecule has 0 radical (unpaired) electrons. The predicted molar refractivity (Wildman–Crippen MR) is 50.9 cm³/mol. The molecule has 0 amide bonds. The lowest BCUT2D eigenvalue weighted by Gasteiger charge is -2.14. The van der Waals surface area contributed by atoms with Gasteiger partial charge in [-0.1, -0.05) is 0 Å². The van der Waals surface area contributed by atoms with Gasteiger partial charge in [0.2, 0.25) is 0 Å². The Morgan fingerprint density at radius 1 is 1.36 bits per heavy atom. The Balaban J connectivity index is 2.15. The highest BCUT2D eigenvalue weighted by Crippen LogP contribution is 2.25. The number of nitrogens with one attached hydrogen (secondary N) is 1. The second-order valence-corrected chi connectivity index (χ2v) is 3.83. The zero-order chi connectivity index (χ0) is 10.1. The van der Waals surface area contributed by atoms with Gasteiger partial charge >= 0.3 is 0 Å². The normalized spacial score (nSPS) is 18.2. The molecule has 76 valence electrons. The first-order valence-corrected chi connectivity index (χ1v) is 4.88. The molecule has 1 aromatic carbocycles. The van der Waals surface area contributed by atoms with E-state index in [4.69, 9.17) is 0 Å². The molecule has 14 heavy (non-hydrogen) atoms. The monoisotopic (exact) mass is 197 g/mol. The first-order chi connectivity index (χ1) is 6.66. The van der Waals surface area contributed by atoms with Crippen LogP contribution in [0.4, 0.5) is 8.78 Å². The lowest BCUT2D eigenvalue weighted by molar-refractivity contribution is 0.517. The van der Waals surface area contributed by atoms with Gasteiger partial charge in [0.1, 0.15) is 11.6 Å². The Hall–Kier alpha value is -0.960. The fourth-order valence-corrected chi connectivity index (χ4v) is 1.54. The molecule has 1 saturated carbocycles. The number of hydrogen-bond donors (Lipinski definition) is 1. The number of hydrogen-bond acceptors (Lipinski definition) is 1. The van der Waals surface area contributed by atoms with Crippen molar-refractivity contribution in [2.75, 3.05) is 0 Å². The van der Waals surface area contributed by atoms with Crippen molar-refractivity contribution in [3.63, 3.8) is 0 Å². The van der Waals surface area contributed by atoms with Crippen LogP contribution in [0.2, 0.25) is 0 Å². The topological polar surface area (TPSA) is 12.0 Å². The molecule has 1 fully saturated rings. The molecule has 0 aromatic heterocycles. The molecular formula is C11H13F2N. The molecular weight excluding hydrogens is 184 g/mol. The lowest BCUT2D eigenvalue weighted by Crippen LogP contribution is -2.21. The summed E-state index contributed by atoms with van der Waals surface area (Å²) in [7, 11) is 0. The summed E-state index contributed by atoms with van der Waals surface area (Å²) in [6, 6.07) is 3.96. The molecule has 1 aliphatic rings. The smallest absolute Gasteiger partial charge is 0.128 e. The molecule has 0 unspecified atom stereocenters. The van der Waals surface area contributed by atoms with Crippen molar-refractivity contribution in [3.05, 3.63) is 35.4 Å². The van der Waals surface area contributed by atoms with Gasteiger partial charge in [0.05, 0.1) is 0 Å². The van der Waals surface area contributed by atoms with Gasteiger partial charge in [0.15, 0.2) is 0 Å². The zero-order valence-electron chi connectivity index (χ0n) is 8.06. The lowest BCUT2D eigenvalue weighted by atomic mass is 10.1. The van der Waals surface area contributed by atoms with Crippen LogP contribution in [0.5, 0.6) is 0 Å². The van der Waals surface area contributed by atoms with Crippen molar-refractivity contribution in [2.24, 2.45) is 0 Å². The molecule has 3 heteroatoms. The van der Waals surface area contributed by atoms with Crippen LogP contribution in [0.1, 0.15) is 31.4 Å². The summed E-state index contributed by atoms with van der Waals surface area (Å²) in [6.07, 6.45) is 2.28. The average Bonchev–Trinajstić information content (AvgIpc) is 2.93. The van der Waals surface area contributed by atoms with Crippen molar-refractivity contribution >= 4 is 0 Å². The Bertz CT molecular complexity index is 334. The third kappa shape index (κ3) is 2.10. The van der Waals surface area contributed by atoms with Crippen molar-refractivity contribution in [1.82, 2.24) is 5.32 Å². The molecule has 0 heterocycles. The summed E-state index contributed by atoms with van der Waals surface area (Å²) < 4.78 is 26.2. The van der Waals surface area contributed by atoms with Crippen LogP contribution in [0.15, 0.2) is 18.2 Å². The molecule has 1 aromatic rings. The Morgan fingerprint density at radius 3 is 2.71 bits per heavy atom. The highest BCUT2D eigenvalue weighted by Gasteiger charge is 2.24. The molecule has 1 aliphatic carbocycles. The van der Waals surface area contributed by atoms with Gasteiger partial charge in [-0.05, 0) is 38.0 Å². The molecule has 0 bridgehead atoms. The molecule has 0 spiro atoms. The minimum absolute atomic E-state index is 0.113. The van der Waals surface area contributed by atoms with E-state index < -0.39 is 0 Å². The van der Waals surface area contributed by atoms with Crippen molar-refractivity contribution in [3.8, 4) is 0 Å². The summed E-state index contributed by atoms with van der Waals surface area (Å²) >= 11 is 0. The van der Waals surface area contributed by atoms with E-state index in [1.165, 1.54) is 12.1 Å². The van der Waals surface area contributed by atoms with E-state index in [0.29, 0.717) is 11.6 Å². The van der Waals surface area contributed by atoms with E-state index >= 15 is 0 Å². The molecule has 0 aliphatic heterocycles. The fraction of sp³-hybridized carbons (Fsp3) is 0.455. The second kappa shape index (κ2) is 3.65. The standard InChI is InChI=1S/C11H13F2N/c1-7(14-9-3-4-9)10-6-8(12)2-5-11(10)13/h2,5-7,9,14H,3-4H2,1H3/t7-/m1/s1. The van der Waals surface area contributed by atoms with Gasteiger partial charge in [0.25, 0.3) is 0 Å². The zero-order valence-corrected chi connectivity index (χ0v) is 8.06. The van der Waals surface area contributed by atoms with Gasteiger partial charge in [-0.25, -0.2) is 8.78 Å². The molecule has 0 saturated heterocycles. The minimum atomic E-state index is -0.383. The fourth-order valence-electron chi connectivity index (χ4n) is 1.54. The van der Waals surface area contributed by atoms with E-state index in [1.54, 1.807) is 0 Å². The largest absolute Gasteiger partial charge is 0.307 e. The maximum Gasteiger partial charge on any atom is 0.128 e. The molecule has 1 atom stereocenters. The number of rotatable bonds is 3. The average molecular weight is 197 g/mol. The van der Waals surface area contributed by atoms with Crippen LogP contribution >= 0.6 is 0 Å². The second-order valence-electron chi connectivity index (χ2n) is 3.83. The summed E-state index contributed by atoms with van der Waals surface area (Å²) in [5, 5.41) is 3.23. The van der Waals surface area contributed by atoms with Crippen LogP contribution in [0.25, 0.3) is 0 Å². The van der Waals surface area contributed by atoms with Gasteiger partial charge < -0.3 is 5.32 Å². The molecule has 1 N–H and O–H groups in total. The highest BCUT2D eigenvalue weighted by molar-refractivity contribution is 5.22. The molecule has 2 rings (SSSR count). The highest BCUT2D eigenvalue weighted by atomic mass is 19.1. The Kier molecular flexibility index (Phi) is 2.50. The Labute approximate surface area is 82.1 Å². The van der Waals surface area contributed by atoms with Crippen LogP contribution in [-0.2, 0) is 0 Å². The summed E-state index contributed by atoms with van der Waals surface area (Å²) in [6.45, 7) is 1.86. The van der Waals surface area contributed by atoms with E-state index in [2.05, 4.69) is 5.32 Å². The van der Waals surface area contributed by atoms with Crippen molar-refractivity contribution < 1.29 is 8.78 Å².